The van der Waals surface area contributed by atoms with Gasteiger partial charge in [-0.25, -0.2) is 8.42 Å². The van der Waals surface area contributed by atoms with Crippen molar-refractivity contribution in [2.45, 2.75) is 52.0 Å². The third-order valence-corrected chi connectivity index (χ3v) is 6.43. The number of oxime groups is 1. The fraction of sp³-hybridized carbons (Fsp3) is 0.600. The van der Waals surface area contributed by atoms with Crippen LogP contribution in [0.5, 0.6) is 0 Å². The van der Waals surface area contributed by atoms with Crippen LogP contribution in [-0.4, -0.2) is 56.1 Å². The molecule has 1 heterocycles. The molecule has 0 N–H and O–H groups in total. The van der Waals surface area contributed by atoms with Crippen molar-refractivity contribution in [1.82, 2.24) is 4.90 Å². The van der Waals surface area contributed by atoms with Gasteiger partial charge in [0.1, 0.15) is 0 Å². The summed E-state index contributed by atoms with van der Waals surface area (Å²) in [5.74, 6) is -0.0316. The van der Waals surface area contributed by atoms with Crippen LogP contribution in [0, 0.1) is 0 Å². The summed E-state index contributed by atoms with van der Waals surface area (Å²) in [5.41, 5.74) is 2.22. The number of benzene rings is 1. The molecule has 7 heteroatoms. The minimum atomic E-state index is -3.03. The number of rotatable bonds is 7. The van der Waals surface area contributed by atoms with E-state index in [1.165, 1.54) is 5.56 Å². The second-order valence-corrected chi connectivity index (χ2v) is 10.3. The highest BCUT2D eigenvalue weighted by Crippen LogP contribution is 2.22. The molecule has 6 nitrogen and oxygen atoms in total. The van der Waals surface area contributed by atoms with Crippen molar-refractivity contribution < 1.29 is 18.0 Å². The fourth-order valence-electron chi connectivity index (χ4n) is 3.12. The number of carbonyl (C=O) groups is 1. The van der Waals surface area contributed by atoms with Crippen LogP contribution in [0.1, 0.15) is 51.7 Å². The first-order chi connectivity index (χ1) is 12.6. The zero-order chi connectivity index (χ0) is 20.1. The highest BCUT2D eigenvalue weighted by atomic mass is 32.2. The summed E-state index contributed by atoms with van der Waals surface area (Å²) in [6.07, 6.45) is 2.84. The summed E-state index contributed by atoms with van der Waals surface area (Å²) in [6.45, 7) is 8.77. The molecule has 0 radical (unpaired) electrons. The van der Waals surface area contributed by atoms with Gasteiger partial charge in [-0.1, -0.05) is 57.1 Å². The molecule has 0 bridgehead atoms. The molecule has 1 saturated heterocycles. The Morgan fingerprint density at radius 3 is 2.48 bits per heavy atom. The Balaban J connectivity index is 1.89. The van der Waals surface area contributed by atoms with E-state index < -0.39 is 9.84 Å². The first-order valence-corrected chi connectivity index (χ1v) is 11.2. The average molecular weight is 395 g/mol. The summed E-state index contributed by atoms with van der Waals surface area (Å²) in [6, 6.07) is 7.77. The Labute approximate surface area is 162 Å². The Bertz CT molecular complexity index is 764. The van der Waals surface area contributed by atoms with Crippen LogP contribution in [0.3, 0.4) is 0 Å². The van der Waals surface area contributed by atoms with E-state index in [9.17, 15) is 13.2 Å². The molecule has 1 aromatic rings. The lowest BCUT2D eigenvalue weighted by molar-refractivity contribution is -0.138. The lowest BCUT2D eigenvalue weighted by Crippen LogP contribution is -2.43. The molecule has 2 rings (SSSR count). The summed E-state index contributed by atoms with van der Waals surface area (Å²) in [5, 5.41) is 3.88. The van der Waals surface area contributed by atoms with E-state index in [2.05, 4.69) is 38.1 Å². The van der Waals surface area contributed by atoms with E-state index in [0.29, 0.717) is 13.0 Å². The molecule has 0 aromatic heterocycles. The van der Waals surface area contributed by atoms with Gasteiger partial charge >= 0.3 is 0 Å². The van der Waals surface area contributed by atoms with E-state index >= 15 is 0 Å². The van der Waals surface area contributed by atoms with Crippen molar-refractivity contribution in [1.29, 1.82) is 0 Å². The lowest BCUT2D eigenvalue weighted by atomic mass is 9.87. The topological polar surface area (TPSA) is 76.0 Å². The Morgan fingerprint density at radius 1 is 1.30 bits per heavy atom. The Kier molecular flexibility index (Phi) is 7.03. The number of amides is 1. The molecule has 150 valence electrons. The SMILES string of the molecule is CCCN(C(=O)CO/N=C\c1ccc(C(C)(C)C)cc1)[C@@H]1CCS(=O)(=O)C1. The minimum Gasteiger partial charge on any atom is -0.386 e. The summed E-state index contributed by atoms with van der Waals surface area (Å²) in [7, 11) is -3.03. The maximum absolute atomic E-state index is 12.4. The monoisotopic (exact) mass is 394 g/mol. The van der Waals surface area contributed by atoms with Gasteiger partial charge in [-0.05, 0) is 29.4 Å². The van der Waals surface area contributed by atoms with E-state index in [0.717, 1.165) is 12.0 Å². The van der Waals surface area contributed by atoms with Crippen molar-refractivity contribution in [3.05, 3.63) is 35.4 Å². The third kappa shape index (κ3) is 6.34. The second kappa shape index (κ2) is 8.87. The summed E-state index contributed by atoms with van der Waals surface area (Å²) < 4.78 is 23.4. The molecule has 1 amide bonds. The predicted molar refractivity (Wildman–Crippen MR) is 108 cm³/mol. The number of sulfone groups is 1. The van der Waals surface area contributed by atoms with Gasteiger partial charge in [0.2, 0.25) is 0 Å². The maximum atomic E-state index is 12.4. The summed E-state index contributed by atoms with van der Waals surface area (Å²) in [4.78, 5) is 19.2. The molecule has 1 aliphatic heterocycles. The first kappa shape index (κ1) is 21.4. The van der Waals surface area contributed by atoms with Crippen molar-refractivity contribution in [2.75, 3.05) is 24.7 Å². The van der Waals surface area contributed by atoms with Gasteiger partial charge in [0.15, 0.2) is 16.4 Å². The molecule has 0 spiro atoms. The van der Waals surface area contributed by atoms with Gasteiger partial charge < -0.3 is 9.74 Å². The Morgan fingerprint density at radius 2 is 1.96 bits per heavy atom. The maximum Gasteiger partial charge on any atom is 0.263 e. The van der Waals surface area contributed by atoms with E-state index in [4.69, 9.17) is 4.84 Å². The van der Waals surface area contributed by atoms with Crippen molar-refractivity contribution in [2.24, 2.45) is 5.16 Å². The number of carbonyl (C=O) groups excluding carboxylic acids is 1. The highest BCUT2D eigenvalue weighted by Gasteiger charge is 2.34. The van der Waals surface area contributed by atoms with Crippen LogP contribution in [0.25, 0.3) is 0 Å². The molecule has 0 saturated carbocycles. The van der Waals surface area contributed by atoms with Crippen molar-refractivity contribution in [3.8, 4) is 0 Å². The summed E-state index contributed by atoms with van der Waals surface area (Å²) >= 11 is 0. The zero-order valence-corrected chi connectivity index (χ0v) is 17.5. The lowest BCUT2D eigenvalue weighted by Gasteiger charge is -2.27. The molecule has 1 aromatic carbocycles. The highest BCUT2D eigenvalue weighted by molar-refractivity contribution is 7.91. The molecule has 1 atom stereocenters. The normalized spacial score (nSPS) is 19.3. The largest absolute Gasteiger partial charge is 0.386 e. The van der Waals surface area contributed by atoms with Crippen LogP contribution in [0.15, 0.2) is 29.4 Å². The fourth-order valence-corrected chi connectivity index (χ4v) is 4.85. The predicted octanol–water partition coefficient (Wildman–Crippen LogP) is 2.76. The number of nitrogens with zero attached hydrogens (tertiary/aromatic N) is 2. The number of hydrogen-bond donors (Lipinski definition) is 0. The molecular formula is C20H30N2O4S. The quantitative estimate of drug-likeness (QED) is 0.526. The van der Waals surface area contributed by atoms with Gasteiger partial charge in [-0.2, -0.15) is 0 Å². The van der Waals surface area contributed by atoms with Crippen LogP contribution < -0.4 is 0 Å². The van der Waals surface area contributed by atoms with Gasteiger partial charge in [-0.15, -0.1) is 0 Å². The van der Waals surface area contributed by atoms with Gasteiger partial charge in [0, 0.05) is 12.6 Å². The van der Waals surface area contributed by atoms with Gasteiger partial charge in [0.25, 0.3) is 5.91 Å². The number of hydrogen-bond acceptors (Lipinski definition) is 5. The second-order valence-electron chi connectivity index (χ2n) is 8.02. The molecule has 1 aliphatic rings. The molecular weight excluding hydrogens is 364 g/mol. The van der Waals surface area contributed by atoms with Gasteiger partial charge in [-0.3, -0.25) is 4.79 Å². The standard InChI is InChI=1S/C20H30N2O4S/c1-5-11-22(18-10-12-27(24,25)15-18)19(23)14-26-21-13-16-6-8-17(9-7-16)20(2,3)4/h6-9,13,18H,5,10-12,14-15H2,1-4H3/b21-13-/t18-/m1/s1. The third-order valence-electron chi connectivity index (χ3n) is 4.68. The first-order valence-electron chi connectivity index (χ1n) is 9.38. The molecule has 0 unspecified atom stereocenters. The van der Waals surface area contributed by atoms with Crippen molar-refractivity contribution in [3.63, 3.8) is 0 Å². The van der Waals surface area contributed by atoms with Crippen LogP contribution in [-0.2, 0) is 24.9 Å². The van der Waals surface area contributed by atoms with E-state index in [-0.39, 0.29) is 35.5 Å². The minimum absolute atomic E-state index is 0.0438. The average Bonchev–Trinajstić information content (AvgIpc) is 2.95. The smallest absolute Gasteiger partial charge is 0.263 e. The van der Waals surface area contributed by atoms with E-state index in [1.54, 1.807) is 11.1 Å². The van der Waals surface area contributed by atoms with Crippen molar-refractivity contribution >= 4 is 22.0 Å². The van der Waals surface area contributed by atoms with Gasteiger partial charge in [0.05, 0.1) is 17.7 Å². The van der Waals surface area contributed by atoms with Crippen LogP contribution in [0.4, 0.5) is 0 Å². The van der Waals surface area contributed by atoms with Crippen LogP contribution >= 0.6 is 0 Å². The molecule has 1 fully saturated rings. The zero-order valence-electron chi connectivity index (χ0n) is 16.6. The van der Waals surface area contributed by atoms with Crippen LogP contribution in [0.2, 0.25) is 0 Å². The van der Waals surface area contributed by atoms with E-state index in [1.807, 2.05) is 19.1 Å². The molecule has 27 heavy (non-hydrogen) atoms. The Hall–Kier alpha value is -1.89. The molecule has 0 aliphatic carbocycles.